The van der Waals surface area contributed by atoms with E-state index in [0.717, 1.165) is 31.0 Å². The van der Waals surface area contributed by atoms with Gasteiger partial charge in [-0.25, -0.2) is 4.39 Å². The van der Waals surface area contributed by atoms with E-state index in [4.69, 9.17) is 5.73 Å². The average molecular weight is 328 g/mol. The molecule has 0 aliphatic heterocycles. The Hall–Kier alpha value is -0.850. The van der Waals surface area contributed by atoms with Crippen LogP contribution in [0.3, 0.4) is 0 Å². The molecule has 7 heteroatoms. The number of hydrogen-bond donors (Lipinski definition) is 2. The van der Waals surface area contributed by atoms with Crippen LogP contribution in [0.4, 0.5) is 17.6 Å². The Morgan fingerprint density at radius 2 is 1.76 bits per heavy atom. The Morgan fingerprint density at radius 3 is 2.29 bits per heavy atom. The van der Waals surface area contributed by atoms with Crippen LogP contribution in [-0.2, 0) is 6.18 Å². The number of rotatable bonds is 3. The van der Waals surface area contributed by atoms with Gasteiger partial charge in [0.25, 0.3) is 0 Å². The molecule has 2 rings (SSSR count). The smallest absolute Gasteiger partial charge is 0.391 e. The Labute approximate surface area is 126 Å². The zero-order valence-electron chi connectivity index (χ0n) is 11.2. The first-order valence-corrected chi connectivity index (χ1v) is 6.61. The summed E-state index contributed by atoms with van der Waals surface area (Å²) in [5.74, 6) is -1.19. The molecule has 0 spiro atoms. The molecule has 120 valence electrons. The molecule has 0 unspecified atom stereocenters. The van der Waals surface area contributed by atoms with Crippen molar-refractivity contribution in [2.45, 2.75) is 44.0 Å². The first kappa shape index (κ1) is 18.2. The summed E-state index contributed by atoms with van der Waals surface area (Å²) in [6, 6.07) is 1.36. The number of alkyl halides is 3. The van der Waals surface area contributed by atoms with E-state index in [1.54, 1.807) is 0 Å². The third-order valence-corrected chi connectivity index (χ3v) is 3.94. The SMILES string of the molecule is Cl.N[C@H](c1c(F)cccc1C(F)(F)F)[C@@H](O)C1CCCC1. The molecule has 1 aliphatic carbocycles. The van der Waals surface area contributed by atoms with Crippen LogP contribution < -0.4 is 5.73 Å². The summed E-state index contributed by atoms with van der Waals surface area (Å²) in [7, 11) is 0. The first-order valence-electron chi connectivity index (χ1n) is 6.61. The van der Waals surface area contributed by atoms with Gasteiger partial charge in [0.05, 0.1) is 17.7 Å². The monoisotopic (exact) mass is 327 g/mol. The quantitative estimate of drug-likeness (QED) is 0.829. The Kier molecular flexibility index (Phi) is 6.01. The highest BCUT2D eigenvalue weighted by Crippen LogP contribution is 2.39. The molecule has 2 atom stereocenters. The lowest BCUT2D eigenvalue weighted by atomic mass is 9.88. The van der Waals surface area contributed by atoms with Gasteiger partial charge in [-0.15, -0.1) is 12.4 Å². The summed E-state index contributed by atoms with van der Waals surface area (Å²) in [5, 5.41) is 10.1. The predicted molar refractivity (Wildman–Crippen MR) is 73.5 cm³/mol. The van der Waals surface area contributed by atoms with Crippen LogP contribution in [0.25, 0.3) is 0 Å². The maximum Gasteiger partial charge on any atom is 0.416 e. The van der Waals surface area contributed by atoms with E-state index >= 15 is 0 Å². The number of nitrogens with two attached hydrogens (primary N) is 1. The molecule has 0 amide bonds. The Bertz CT molecular complexity index is 475. The van der Waals surface area contributed by atoms with Gasteiger partial charge in [-0.2, -0.15) is 13.2 Å². The lowest BCUT2D eigenvalue weighted by Gasteiger charge is -2.27. The lowest BCUT2D eigenvalue weighted by Crippen LogP contribution is -2.34. The molecule has 2 nitrogen and oxygen atoms in total. The summed E-state index contributed by atoms with van der Waals surface area (Å²) in [6.07, 6.45) is -2.59. The van der Waals surface area contributed by atoms with Gasteiger partial charge in [0.15, 0.2) is 0 Å². The highest BCUT2D eigenvalue weighted by Gasteiger charge is 2.39. The number of hydrogen-bond acceptors (Lipinski definition) is 2. The maximum absolute atomic E-state index is 13.8. The molecule has 0 heterocycles. The van der Waals surface area contributed by atoms with Crippen molar-refractivity contribution in [3.63, 3.8) is 0 Å². The second-order valence-electron chi connectivity index (χ2n) is 5.26. The highest BCUT2D eigenvalue weighted by atomic mass is 35.5. The van der Waals surface area contributed by atoms with Crippen LogP contribution in [0.15, 0.2) is 18.2 Å². The number of benzene rings is 1. The molecule has 1 aromatic carbocycles. The van der Waals surface area contributed by atoms with Crippen molar-refractivity contribution < 1.29 is 22.7 Å². The lowest BCUT2D eigenvalue weighted by molar-refractivity contribution is -0.139. The van der Waals surface area contributed by atoms with Gasteiger partial charge < -0.3 is 10.8 Å². The van der Waals surface area contributed by atoms with E-state index in [0.29, 0.717) is 12.8 Å². The third kappa shape index (κ3) is 3.87. The minimum absolute atomic E-state index is 0. The second kappa shape index (κ2) is 6.94. The van der Waals surface area contributed by atoms with Crippen LogP contribution in [0, 0.1) is 11.7 Å². The molecule has 1 saturated carbocycles. The van der Waals surface area contributed by atoms with Crippen LogP contribution in [0.5, 0.6) is 0 Å². The zero-order valence-corrected chi connectivity index (χ0v) is 12.1. The van der Waals surface area contributed by atoms with Crippen molar-refractivity contribution >= 4 is 12.4 Å². The van der Waals surface area contributed by atoms with E-state index in [2.05, 4.69) is 0 Å². The fraction of sp³-hybridized carbons (Fsp3) is 0.571. The van der Waals surface area contributed by atoms with Gasteiger partial charge in [-0.3, -0.25) is 0 Å². The van der Waals surface area contributed by atoms with Crippen molar-refractivity contribution in [1.82, 2.24) is 0 Å². The van der Waals surface area contributed by atoms with Gasteiger partial charge in [0, 0.05) is 5.56 Å². The van der Waals surface area contributed by atoms with Gasteiger partial charge in [-0.05, 0) is 30.9 Å². The van der Waals surface area contributed by atoms with E-state index in [1.165, 1.54) is 0 Å². The van der Waals surface area contributed by atoms with Crippen LogP contribution in [-0.4, -0.2) is 11.2 Å². The molecule has 0 bridgehead atoms. The molecule has 0 saturated heterocycles. The molecule has 0 radical (unpaired) electrons. The standard InChI is InChI=1S/C14H17F4NO.ClH/c15-10-7-3-6-9(14(16,17)18)11(10)12(19)13(20)8-4-1-2-5-8;/h3,6-8,12-13,20H,1-2,4-5,19H2;1H/t12-,13+;/m1./s1. The van der Waals surface area contributed by atoms with E-state index < -0.39 is 35.3 Å². The van der Waals surface area contributed by atoms with Gasteiger partial charge >= 0.3 is 6.18 Å². The third-order valence-electron chi connectivity index (χ3n) is 3.94. The largest absolute Gasteiger partial charge is 0.416 e. The summed E-state index contributed by atoms with van der Waals surface area (Å²) < 4.78 is 52.6. The second-order valence-corrected chi connectivity index (χ2v) is 5.26. The molecular weight excluding hydrogens is 310 g/mol. The Morgan fingerprint density at radius 1 is 1.19 bits per heavy atom. The van der Waals surface area contributed by atoms with E-state index in [9.17, 15) is 22.7 Å². The normalized spacial score (nSPS) is 19.1. The Balaban J connectivity index is 0.00000220. The highest BCUT2D eigenvalue weighted by molar-refractivity contribution is 5.85. The average Bonchev–Trinajstić information content (AvgIpc) is 2.89. The molecule has 1 aromatic rings. The van der Waals surface area contributed by atoms with Crippen LogP contribution in [0.2, 0.25) is 0 Å². The summed E-state index contributed by atoms with van der Waals surface area (Å²) >= 11 is 0. The molecular formula is C14H18ClF4NO. The van der Waals surface area contributed by atoms with Crippen molar-refractivity contribution in [3.05, 3.63) is 35.1 Å². The van der Waals surface area contributed by atoms with Gasteiger partial charge in [-0.1, -0.05) is 18.9 Å². The summed E-state index contributed by atoms with van der Waals surface area (Å²) in [5.41, 5.74) is 3.98. The molecule has 0 aromatic heterocycles. The van der Waals surface area contributed by atoms with E-state index in [1.807, 2.05) is 0 Å². The van der Waals surface area contributed by atoms with Crippen molar-refractivity contribution in [2.24, 2.45) is 11.7 Å². The van der Waals surface area contributed by atoms with Crippen molar-refractivity contribution in [3.8, 4) is 0 Å². The maximum atomic E-state index is 13.8. The molecule has 21 heavy (non-hydrogen) atoms. The first-order chi connectivity index (χ1) is 9.32. The van der Waals surface area contributed by atoms with Crippen molar-refractivity contribution in [1.29, 1.82) is 0 Å². The fourth-order valence-corrected chi connectivity index (χ4v) is 2.89. The number of halogens is 5. The van der Waals surface area contributed by atoms with Crippen LogP contribution >= 0.6 is 12.4 Å². The molecule has 1 aliphatic rings. The summed E-state index contributed by atoms with van der Waals surface area (Å²) in [4.78, 5) is 0. The van der Waals surface area contributed by atoms with Crippen molar-refractivity contribution in [2.75, 3.05) is 0 Å². The molecule has 1 fully saturated rings. The number of aliphatic hydroxyl groups excluding tert-OH is 1. The molecule has 3 N–H and O–H groups in total. The van der Waals surface area contributed by atoms with E-state index in [-0.39, 0.29) is 18.3 Å². The minimum atomic E-state index is -4.69. The number of aliphatic hydroxyl groups is 1. The fourth-order valence-electron chi connectivity index (χ4n) is 2.89. The minimum Gasteiger partial charge on any atom is -0.391 e. The van der Waals surface area contributed by atoms with Crippen LogP contribution in [0.1, 0.15) is 42.9 Å². The topological polar surface area (TPSA) is 46.2 Å². The van der Waals surface area contributed by atoms with Gasteiger partial charge in [0.1, 0.15) is 5.82 Å². The zero-order chi connectivity index (χ0) is 14.9. The predicted octanol–water partition coefficient (Wildman–Crippen LogP) is 3.82. The summed E-state index contributed by atoms with van der Waals surface area (Å²) in [6.45, 7) is 0. The van der Waals surface area contributed by atoms with Gasteiger partial charge in [0.2, 0.25) is 0 Å².